The predicted octanol–water partition coefficient (Wildman–Crippen LogP) is 4.23. The Labute approximate surface area is 120 Å². The zero-order valence-electron chi connectivity index (χ0n) is 10.6. The molecule has 0 heterocycles. The van der Waals surface area contributed by atoms with Crippen LogP contribution >= 0.6 is 0 Å². The lowest BCUT2D eigenvalue weighted by Gasteiger charge is -2.13. The van der Waals surface area contributed by atoms with Gasteiger partial charge in [-0.2, -0.15) is 0 Å². The lowest BCUT2D eigenvalue weighted by atomic mass is 10.0. The second-order valence-electron chi connectivity index (χ2n) is 4.19. The SMILES string of the molecule is O=C(O)c1ccc(-c2cc(F)ccc2F)cc1OC(F)(F)F. The van der Waals surface area contributed by atoms with Gasteiger partial charge < -0.3 is 9.84 Å². The first kappa shape index (κ1) is 15.7. The fourth-order valence-corrected chi connectivity index (χ4v) is 1.79. The quantitative estimate of drug-likeness (QED) is 0.862. The molecule has 116 valence electrons. The highest BCUT2D eigenvalue weighted by atomic mass is 19.4. The predicted molar refractivity (Wildman–Crippen MR) is 65.4 cm³/mol. The van der Waals surface area contributed by atoms with Gasteiger partial charge in [0.2, 0.25) is 0 Å². The summed E-state index contributed by atoms with van der Waals surface area (Å²) in [6.07, 6.45) is -5.12. The number of aromatic carboxylic acids is 1. The van der Waals surface area contributed by atoms with E-state index in [1.165, 1.54) is 0 Å². The van der Waals surface area contributed by atoms with Crippen LogP contribution in [-0.2, 0) is 0 Å². The molecule has 0 amide bonds. The molecular weight excluding hydrogens is 311 g/mol. The number of rotatable bonds is 3. The van der Waals surface area contributed by atoms with Crippen molar-refractivity contribution in [2.24, 2.45) is 0 Å². The van der Waals surface area contributed by atoms with Gasteiger partial charge in [0.1, 0.15) is 22.9 Å². The molecule has 1 N–H and O–H groups in total. The first-order valence-corrected chi connectivity index (χ1v) is 5.76. The molecule has 0 spiro atoms. The van der Waals surface area contributed by atoms with E-state index < -0.39 is 35.3 Å². The maximum Gasteiger partial charge on any atom is 0.573 e. The zero-order chi connectivity index (χ0) is 16.5. The number of hydrogen-bond acceptors (Lipinski definition) is 2. The van der Waals surface area contributed by atoms with Crippen LogP contribution in [-0.4, -0.2) is 17.4 Å². The normalized spacial score (nSPS) is 11.3. The molecule has 0 unspecified atom stereocenters. The Morgan fingerprint density at radius 1 is 1.05 bits per heavy atom. The van der Waals surface area contributed by atoms with Gasteiger partial charge in [-0.25, -0.2) is 13.6 Å². The highest BCUT2D eigenvalue weighted by Gasteiger charge is 2.33. The second-order valence-corrected chi connectivity index (χ2v) is 4.19. The Morgan fingerprint density at radius 3 is 2.32 bits per heavy atom. The van der Waals surface area contributed by atoms with Crippen molar-refractivity contribution in [1.29, 1.82) is 0 Å². The van der Waals surface area contributed by atoms with Gasteiger partial charge >= 0.3 is 12.3 Å². The lowest BCUT2D eigenvalue weighted by Crippen LogP contribution is -2.19. The number of alkyl halides is 3. The van der Waals surface area contributed by atoms with Crippen molar-refractivity contribution in [1.82, 2.24) is 0 Å². The first-order chi connectivity index (χ1) is 10.2. The number of carbonyl (C=O) groups is 1. The van der Waals surface area contributed by atoms with Crippen molar-refractivity contribution in [2.45, 2.75) is 6.36 Å². The van der Waals surface area contributed by atoms with Crippen LogP contribution in [0.3, 0.4) is 0 Å². The number of halogens is 5. The van der Waals surface area contributed by atoms with Gasteiger partial charge in [-0.3, -0.25) is 0 Å². The molecule has 0 saturated carbocycles. The van der Waals surface area contributed by atoms with Gasteiger partial charge in [0.25, 0.3) is 0 Å². The lowest BCUT2D eigenvalue weighted by molar-refractivity contribution is -0.274. The molecule has 0 saturated heterocycles. The fraction of sp³-hybridized carbons (Fsp3) is 0.0714. The molecule has 0 atom stereocenters. The molecule has 0 bridgehead atoms. The minimum absolute atomic E-state index is 0.152. The zero-order valence-corrected chi connectivity index (χ0v) is 10.6. The van der Waals surface area contributed by atoms with Gasteiger partial charge in [0, 0.05) is 5.56 Å². The van der Waals surface area contributed by atoms with E-state index >= 15 is 0 Å². The van der Waals surface area contributed by atoms with Gasteiger partial charge in [-0.15, -0.1) is 13.2 Å². The molecule has 22 heavy (non-hydrogen) atoms. The Balaban J connectivity index is 2.57. The van der Waals surface area contributed by atoms with Crippen LogP contribution in [0, 0.1) is 11.6 Å². The van der Waals surface area contributed by atoms with Crippen molar-refractivity contribution in [3.63, 3.8) is 0 Å². The monoisotopic (exact) mass is 318 g/mol. The van der Waals surface area contributed by atoms with Crippen molar-refractivity contribution in [2.75, 3.05) is 0 Å². The summed E-state index contributed by atoms with van der Waals surface area (Å²) in [5, 5.41) is 8.84. The average molecular weight is 318 g/mol. The summed E-state index contributed by atoms with van der Waals surface area (Å²) in [4.78, 5) is 10.9. The van der Waals surface area contributed by atoms with Gasteiger partial charge in [-0.05, 0) is 35.9 Å². The molecule has 0 aromatic heterocycles. The van der Waals surface area contributed by atoms with Crippen LogP contribution in [0.5, 0.6) is 5.75 Å². The number of benzene rings is 2. The van der Waals surface area contributed by atoms with E-state index in [0.29, 0.717) is 6.07 Å². The molecule has 0 radical (unpaired) electrons. The van der Waals surface area contributed by atoms with Crippen molar-refractivity contribution in [3.05, 3.63) is 53.6 Å². The summed E-state index contributed by atoms with van der Waals surface area (Å²) < 4.78 is 67.3. The van der Waals surface area contributed by atoms with Gasteiger partial charge in [0.05, 0.1) is 0 Å². The second kappa shape index (κ2) is 5.63. The minimum atomic E-state index is -5.12. The highest BCUT2D eigenvalue weighted by Crippen LogP contribution is 2.32. The summed E-state index contributed by atoms with van der Waals surface area (Å²) in [6.45, 7) is 0. The van der Waals surface area contributed by atoms with Crippen LogP contribution in [0.2, 0.25) is 0 Å². The molecule has 0 fully saturated rings. The number of carboxylic acid groups (broad SMARTS) is 1. The summed E-state index contributed by atoms with van der Waals surface area (Å²) in [7, 11) is 0. The van der Waals surface area contributed by atoms with Gasteiger partial charge in [-0.1, -0.05) is 6.07 Å². The Kier molecular flexibility index (Phi) is 4.03. The number of carboxylic acids is 1. The molecule has 8 heteroatoms. The molecule has 3 nitrogen and oxygen atoms in total. The minimum Gasteiger partial charge on any atom is -0.478 e. The van der Waals surface area contributed by atoms with Crippen LogP contribution in [0.15, 0.2) is 36.4 Å². The molecule has 2 rings (SSSR count). The van der Waals surface area contributed by atoms with E-state index in [2.05, 4.69) is 4.74 Å². The van der Waals surface area contributed by atoms with E-state index in [-0.39, 0.29) is 11.1 Å². The van der Waals surface area contributed by atoms with Crippen LogP contribution < -0.4 is 4.74 Å². The summed E-state index contributed by atoms with van der Waals surface area (Å²) in [5.74, 6) is -4.33. The van der Waals surface area contributed by atoms with E-state index in [1.807, 2.05) is 0 Å². The fourth-order valence-electron chi connectivity index (χ4n) is 1.79. The van der Waals surface area contributed by atoms with Crippen molar-refractivity contribution >= 4 is 5.97 Å². The standard InChI is InChI=1S/C14H7F5O3/c15-8-2-4-11(16)10(6-8)7-1-3-9(13(20)21)12(5-7)22-14(17,18)19/h1-6H,(H,20,21). The maximum atomic E-state index is 13.6. The molecule has 0 aliphatic heterocycles. The Bertz CT molecular complexity index is 725. The third-order valence-electron chi connectivity index (χ3n) is 2.68. The third-order valence-corrected chi connectivity index (χ3v) is 2.68. The highest BCUT2D eigenvalue weighted by molar-refractivity contribution is 5.92. The van der Waals surface area contributed by atoms with Crippen LogP contribution in [0.25, 0.3) is 11.1 Å². The number of hydrogen-bond donors (Lipinski definition) is 1. The van der Waals surface area contributed by atoms with Crippen molar-refractivity contribution < 1.29 is 36.6 Å². The number of ether oxygens (including phenoxy) is 1. The first-order valence-electron chi connectivity index (χ1n) is 5.76. The van der Waals surface area contributed by atoms with E-state index in [1.54, 1.807) is 0 Å². The van der Waals surface area contributed by atoms with Crippen molar-refractivity contribution in [3.8, 4) is 16.9 Å². The van der Waals surface area contributed by atoms with Crippen LogP contribution in [0.1, 0.15) is 10.4 Å². The summed E-state index contributed by atoms with van der Waals surface area (Å²) in [6, 6.07) is 5.00. The van der Waals surface area contributed by atoms with Crippen LogP contribution in [0.4, 0.5) is 22.0 Å². The topological polar surface area (TPSA) is 46.5 Å². The smallest absolute Gasteiger partial charge is 0.478 e. The largest absolute Gasteiger partial charge is 0.573 e. The molecular formula is C14H7F5O3. The maximum absolute atomic E-state index is 13.6. The molecule has 0 aliphatic carbocycles. The summed E-state index contributed by atoms with van der Waals surface area (Å²) >= 11 is 0. The van der Waals surface area contributed by atoms with E-state index in [9.17, 15) is 26.7 Å². The third kappa shape index (κ3) is 3.51. The van der Waals surface area contributed by atoms with E-state index in [0.717, 1.165) is 30.3 Å². The molecule has 0 aliphatic rings. The Hall–Kier alpha value is -2.64. The molecule has 2 aromatic carbocycles. The molecule has 2 aromatic rings. The van der Waals surface area contributed by atoms with Gasteiger partial charge in [0.15, 0.2) is 0 Å². The van der Waals surface area contributed by atoms with E-state index in [4.69, 9.17) is 5.11 Å². The Morgan fingerprint density at radius 2 is 1.73 bits per heavy atom. The summed E-state index contributed by atoms with van der Waals surface area (Å²) in [5.41, 5.74) is -1.22. The average Bonchev–Trinajstić information content (AvgIpc) is 2.39.